The Labute approximate surface area is 130 Å². The third-order valence-electron chi connectivity index (χ3n) is 2.82. The smallest absolute Gasteiger partial charge is 0.322 e. The second kappa shape index (κ2) is 5.66. The Bertz CT molecular complexity index is 929. The highest BCUT2D eigenvalue weighted by atomic mass is 32.2. The van der Waals surface area contributed by atoms with Crippen molar-refractivity contribution in [2.75, 3.05) is 5.32 Å². The van der Waals surface area contributed by atoms with Gasteiger partial charge in [0, 0.05) is 5.56 Å². The third kappa shape index (κ3) is 3.27. The van der Waals surface area contributed by atoms with Gasteiger partial charge >= 0.3 is 6.01 Å². The number of rotatable bonds is 4. The van der Waals surface area contributed by atoms with Crippen molar-refractivity contribution in [1.29, 1.82) is 0 Å². The number of primary sulfonamides is 1. The number of nitrogens with zero attached hydrogens (tertiary/aromatic N) is 2. The maximum atomic E-state index is 12.0. The van der Waals surface area contributed by atoms with E-state index in [1.54, 1.807) is 12.1 Å². The first-order valence-corrected chi connectivity index (χ1v) is 7.80. The lowest BCUT2D eigenvalue weighted by Gasteiger charge is -2.02. The summed E-state index contributed by atoms with van der Waals surface area (Å²) in [5.74, 6) is -0.0500. The molecule has 0 aliphatic heterocycles. The molecule has 0 spiro atoms. The van der Waals surface area contributed by atoms with Gasteiger partial charge in [0.1, 0.15) is 0 Å². The molecular weight excluding hydrogens is 324 g/mol. The molecule has 0 aliphatic carbocycles. The van der Waals surface area contributed by atoms with E-state index in [-0.39, 0.29) is 22.4 Å². The van der Waals surface area contributed by atoms with Gasteiger partial charge in [-0.1, -0.05) is 5.10 Å². The minimum absolute atomic E-state index is 0.0908. The molecule has 0 unspecified atom stereocenters. The summed E-state index contributed by atoms with van der Waals surface area (Å²) in [5, 5.41) is 14.8. The number of nitrogens with two attached hydrogens (primary N) is 1. The van der Waals surface area contributed by atoms with Crippen LogP contribution in [0.25, 0.3) is 11.7 Å². The molecule has 0 aliphatic rings. The number of furan rings is 1. The summed E-state index contributed by atoms with van der Waals surface area (Å²) in [4.78, 5) is 11.9. The molecule has 10 heteroatoms. The van der Waals surface area contributed by atoms with Crippen LogP contribution >= 0.6 is 0 Å². The number of carbonyl (C=O) groups is 1. The number of hydrogen-bond donors (Lipinski definition) is 2. The quantitative estimate of drug-likeness (QED) is 0.730. The summed E-state index contributed by atoms with van der Waals surface area (Å²) in [7, 11) is -3.81. The van der Waals surface area contributed by atoms with Gasteiger partial charge in [0.15, 0.2) is 5.76 Å². The molecule has 0 saturated carbocycles. The van der Waals surface area contributed by atoms with Crippen LogP contribution in [-0.2, 0) is 10.0 Å². The van der Waals surface area contributed by atoms with Gasteiger partial charge in [0.2, 0.25) is 10.0 Å². The van der Waals surface area contributed by atoms with E-state index in [2.05, 4.69) is 15.5 Å². The molecule has 0 atom stereocenters. The molecule has 0 radical (unpaired) electrons. The van der Waals surface area contributed by atoms with Crippen molar-refractivity contribution in [3.8, 4) is 11.7 Å². The lowest BCUT2D eigenvalue weighted by atomic mass is 10.2. The van der Waals surface area contributed by atoms with Crippen molar-refractivity contribution >= 4 is 21.9 Å². The Balaban J connectivity index is 1.74. The summed E-state index contributed by atoms with van der Waals surface area (Å²) in [6.07, 6.45) is 1.45. The number of carbonyl (C=O) groups excluding carboxylic acids is 1. The summed E-state index contributed by atoms with van der Waals surface area (Å²) >= 11 is 0. The highest BCUT2D eigenvalue weighted by Crippen LogP contribution is 2.20. The number of nitrogens with one attached hydrogen (secondary N) is 1. The van der Waals surface area contributed by atoms with Crippen molar-refractivity contribution in [3.05, 3.63) is 48.2 Å². The summed E-state index contributed by atoms with van der Waals surface area (Å²) in [6, 6.07) is 8.27. The largest absolute Gasteiger partial charge is 0.459 e. The summed E-state index contributed by atoms with van der Waals surface area (Å²) in [5.41, 5.74) is 0.204. The van der Waals surface area contributed by atoms with Gasteiger partial charge in [-0.05, 0) is 36.4 Å². The van der Waals surface area contributed by atoms with E-state index in [0.717, 1.165) is 0 Å². The minimum Gasteiger partial charge on any atom is -0.459 e. The van der Waals surface area contributed by atoms with Crippen LogP contribution in [0.1, 0.15) is 10.4 Å². The Morgan fingerprint density at radius 3 is 2.48 bits per heavy atom. The Hall–Kier alpha value is -2.98. The second-order valence-electron chi connectivity index (χ2n) is 4.41. The predicted molar refractivity (Wildman–Crippen MR) is 77.8 cm³/mol. The maximum Gasteiger partial charge on any atom is 0.322 e. The third-order valence-corrected chi connectivity index (χ3v) is 3.75. The van der Waals surface area contributed by atoms with Gasteiger partial charge in [0.25, 0.3) is 11.8 Å². The van der Waals surface area contributed by atoms with Crippen LogP contribution in [0.3, 0.4) is 0 Å². The summed E-state index contributed by atoms with van der Waals surface area (Å²) < 4.78 is 32.6. The fourth-order valence-electron chi connectivity index (χ4n) is 1.74. The molecule has 23 heavy (non-hydrogen) atoms. The van der Waals surface area contributed by atoms with Crippen LogP contribution < -0.4 is 10.5 Å². The first-order valence-electron chi connectivity index (χ1n) is 6.25. The first-order chi connectivity index (χ1) is 10.9. The fourth-order valence-corrected chi connectivity index (χ4v) is 2.25. The van der Waals surface area contributed by atoms with E-state index >= 15 is 0 Å². The standard InChI is InChI=1S/C13H10N4O5S/c14-23(19,20)9-5-3-8(4-6-9)11(18)15-13-17-16-12(22-13)10-2-1-7-21-10/h1-7H,(H2,14,19,20)(H,15,17,18). The van der Waals surface area contributed by atoms with Gasteiger partial charge in [-0.25, -0.2) is 13.6 Å². The van der Waals surface area contributed by atoms with Gasteiger partial charge < -0.3 is 8.83 Å². The first kappa shape index (κ1) is 14.9. The molecular formula is C13H10N4O5S. The molecule has 1 aromatic carbocycles. The van der Waals surface area contributed by atoms with Crippen molar-refractivity contribution in [3.63, 3.8) is 0 Å². The molecule has 3 N–H and O–H groups in total. The average molecular weight is 334 g/mol. The van der Waals surface area contributed by atoms with E-state index in [1.165, 1.54) is 30.5 Å². The van der Waals surface area contributed by atoms with Gasteiger partial charge in [0.05, 0.1) is 11.2 Å². The molecule has 2 aromatic heterocycles. The molecule has 118 valence electrons. The topological polar surface area (TPSA) is 141 Å². The van der Waals surface area contributed by atoms with Crippen LogP contribution in [0, 0.1) is 0 Å². The Kier molecular flexibility index (Phi) is 3.68. The van der Waals surface area contributed by atoms with Gasteiger partial charge in [-0.3, -0.25) is 10.1 Å². The molecule has 3 rings (SSSR count). The fraction of sp³-hybridized carbons (Fsp3) is 0. The number of anilines is 1. The minimum atomic E-state index is -3.81. The van der Waals surface area contributed by atoms with E-state index in [9.17, 15) is 13.2 Å². The van der Waals surface area contributed by atoms with E-state index in [4.69, 9.17) is 14.0 Å². The zero-order chi connectivity index (χ0) is 16.4. The van der Waals surface area contributed by atoms with Crippen molar-refractivity contribution in [1.82, 2.24) is 10.2 Å². The van der Waals surface area contributed by atoms with Crippen LogP contribution in [0.15, 0.2) is 56.4 Å². The van der Waals surface area contributed by atoms with Crippen LogP contribution in [0.4, 0.5) is 6.01 Å². The average Bonchev–Trinajstić information content (AvgIpc) is 3.17. The molecule has 9 nitrogen and oxygen atoms in total. The van der Waals surface area contributed by atoms with Crippen LogP contribution in [-0.4, -0.2) is 24.5 Å². The highest BCUT2D eigenvalue weighted by molar-refractivity contribution is 7.89. The zero-order valence-corrected chi connectivity index (χ0v) is 12.3. The molecule has 0 saturated heterocycles. The van der Waals surface area contributed by atoms with Crippen LogP contribution in [0.5, 0.6) is 0 Å². The second-order valence-corrected chi connectivity index (χ2v) is 5.97. The monoisotopic (exact) mass is 334 g/mol. The molecule has 0 bridgehead atoms. The van der Waals surface area contributed by atoms with E-state index in [1.807, 2.05) is 0 Å². The van der Waals surface area contributed by atoms with Crippen molar-refractivity contribution in [2.24, 2.45) is 5.14 Å². The zero-order valence-electron chi connectivity index (χ0n) is 11.5. The predicted octanol–water partition coefficient (Wildman–Crippen LogP) is 1.23. The number of hydrogen-bond acceptors (Lipinski definition) is 7. The number of benzene rings is 1. The molecule has 3 aromatic rings. The highest BCUT2D eigenvalue weighted by Gasteiger charge is 2.15. The number of aromatic nitrogens is 2. The van der Waals surface area contributed by atoms with E-state index < -0.39 is 15.9 Å². The van der Waals surface area contributed by atoms with Crippen molar-refractivity contribution in [2.45, 2.75) is 4.90 Å². The Morgan fingerprint density at radius 1 is 1.13 bits per heavy atom. The lowest BCUT2D eigenvalue weighted by Crippen LogP contribution is -2.14. The van der Waals surface area contributed by atoms with E-state index in [0.29, 0.717) is 5.76 Å². The molecule has 1 amide bonds. The SMILES string of the molecule is NS(=O)(=O)c1ccc(C(=O)Nc2nnc(-c3ccco3)o2)cc1. The van der Waals surface area contributed by atoms with Crippen LogP contribution in [0.2, 0.25) is 0 Å². The number of amides is 1. The Morgan fingerprint density at radius 2 is 1.87 bits per heavy atom. The molecule has 2 heterocycles. The number of sulfonamides is 1. The maximum absolute atomic E-state index is 12.0. The van der Waals surface area contributed by atoms with Gasteiger partial charge in [-0.2, -0.15) is 0 Å². The molecule has 0 fully saturated rings. The van der Waals surface area contributed by atoms with Crippen molar-refractivity contribution < 1.29 is 22.0 Å². The summed E-state index contributed by atoms with van der Waals surface area (Å²) in [6.45, 7) is 0. The normalized spacial score (nSPS) is 11.3. The lowest BCUT2D eigenvalue weighted by molar-refractivity contribution is 0.102. The van der Waals surface area contributed by atoms with Gasteiger partial charge in [-0.15, -0.1) is 5.10 Å².